The molecular weight excluding hydrogens is 320 g/mol. The van der Waals surface area contributed by atoms with Crippen LogP contribution in [0, 0.1) is 0 Å². The summed E-state index contributed by atoms with van der Waals surface area (Å²) >= 11 is 0. The average molecular weight is 344 g/mol. The number of hydrogen-bond donors (Lipinski definition) is 5. The summed E-state index contributed by atoms with van der Waals surface area (Å²) in [6.07, 6.45) is -5.44. The maximum Gasteiger partial charge on any atom is 0.229 e. The van der Waals surface area contributed by atoms with Gasteiger partial charge in [-0.3, -0.25) is 0 Å². The molecule has 1 fully saturated rings. The fourth-order valence-corrected chi connectivity index (χ4v) is 2.54. The van der Waals surface area contributed by atoms with Crippen molar-refractivity contribution in [3.05, 3.63) is 23.8 Å². The van der Waals surface area contributed by atoms with Gasteiger partial charge in [-0.2, -0.15) is 0 Å². The summed E-state index contributed by atoms with van der Waals surface area (Å²) in [6.45, 7) is -0.437. The number of aliphatic hydroxyl groups is 5. The number of aliphatic hydroxyl groups excluding tert-OH is 5. The van der Waals surface area contributed by atoms with E-state index in [4.69, 9.17) is 19.3 Å². The van der Waals surface area contributed by atoms with Gasteiger partial charge in [0.1, 0.15) is 24.4 Å². The molecule has 1 aliphatic heterocycles. The molecule has 0 bridgehead atoms. The first kappa shape index (κ1) is 18.9. The minimum absolute atomic E-state index is 0.0887. The van der Waals surface area contributed by atoms with Gasteiger partial charge in [-0.15, -0.1) is 0 Å². The van der Waals surface area contributed by atoms with E-state index in [9.17, 15) is 20.4 Å². The van der Waals surface area contributed by atoms with Gasteiger partial charge in [-0.1, -0.05) is 6.07 Å². The van der Waals surface area contributed by atoms with Crippen LogP contribution < -0.4 is 9.47 Å². The highest BCUT2D eigenvalue weighted by atomic mass is 16.7. The predicted octanol–water partition coefficient (Wildman–Crippen LogP) is -1.20. The van der Waals surface area contributed by atoms with Crippen molar-refractivity contribution in [3.63, 3.8) is 0 Å². The van der Waals surface area contributed by atoms with E-state index >= 15 is 0 Å². The molecule has 0 spiro atoms. The summed E-state index contributed by atoms with van der Waals surface area (Å²) in [4.78, 5) is 0. The van der Waals surface area contributed by atoms with Crippen molar-refractivity contribution in [3.8, 4) is 11.5 Å². The van der Waals surface area contributed by atoms with Gasteiger partial charge in [0.2, 0.25) is 6.29 Å². The van der Waals surface area contributed by atoms with Crippen LogP contribution in [0.1, 0.15) is 12.0 Å². The normalized spacial score (nSPS) is 30.2. The third-order valence-electron chi connectivity index (χ3n) is 3.94. The first-order valence-corrected chi connectivity index (χ1v) is 7.76. The predicted molar refractivity (Wildman–Crippen MR) is 82.8 cm³/mol. The molecule has 1 aromatic carbocycles. The summed E-state index contributed by atoms with van der Waals surface area (Å²) in [5, 5.41) is 47.6. The number of methoxy groups -OCH3 is 1. The smallest absolute Gasteiger partial charge is 0.229 e. The van der Waals surface area contributed by atoms with Crippen LogP contribution in [0.25, 0.3) is 0 Å². The van der Waals surface area contributed by atoms with Crippen LogP contribution in [0.4, 0.5) is 0 Å². The fraction of sp³-hybridized carbons (Fsp3) is 0.625. The zero-order valence-electron chi connectivity index (χ0n) is 13.4. The molecule has 0 unspecified atom stereocenters. The standard InChI is InChI=1S/C16H24O8/c1-22-11-7-9(3-2-6-17)4-5-10(11)23-16-15(21)14(20)13(19)12(8-18)24-16/h4-5,7,12-21H,2-3,6,8H2,1H3/t12-,13-,14+,15-,16-/m1/s1. The zero-order valence-corrected chi connectivity index (χ0v) is 13.4. The van der Waals surface area contributed by atoms with Crippen molar-refractivity contribution in [2.45, 2.75) is 43.5 Å². The van der Waals surface area contributed by atoms with Crippen LogP contribution in [0.15, 0.2) is 18.2 Å². The van der Waals surface area contributed by atoms with Crippen molar-refractivity contribution in [1.82, 2.24) is 0 Å². The van der Waals surface area contributed by atoms with Crippen molar-refractivity contribution in [2.24, 2.45) is 0 Å². The molecule has 5 atom stereocenters. The molecule has 136 valence electrons. The van der Waals surface area contributed by atoms with Gasteiger partial charge < -0.3 is 39.7 Å². The van der Waals surface area contributed by atoms with Gasteiger partial charge in [0.25, 0.3) is 0 Å². The molecule has 8 heteroatoms. The Kier molecular flexibility index (Phi) is 6.79. The Morgan fingerprint density at radius 2 is 1.79 bits per heavy atom. The summed E-state index contributed by atoms with van der Waals surface area (Å²) in [5.74, 6) is 0.692. The molecule has 0 aliphatic carbocycles. The molecule has 5 N–H and O–H groups in total. The molecular formula is C16H24O8. The Balaban J connectivity index is 2.14. The maximum absolute atomic E-state index is 10.0. The van der Waals surface area contributed by atoms with Gasteiger partial charge >= 0.3 is 0 Å². The number of benzene rings is 1. The molecule has 0 amide bonds. The monoisotopic (exact) mass is 344 g/mol. The summed E-state index contributed by atoms with van der Waals surface area (Å²) < 4.78 is 16.1. The van der Waals surface area contributed by atoms with Gasteiger partial charge in [0.15, 0.2) is 11.5 Å². The average Bonchev–Trinajstić information content (AvgIpc) is 2.61. The van der Waals surface area contributed by atoms with E-state index in [1.165, 1.54) is 7.11 Å². The lowest BCUT2D eigenvalue weighted by molar-refractivity contribution is -0.277. The molecule has 1 heterocycles. The van der Waals surface area contributed by atoms with E-state index in [0.29, 0.717) is 18.6 Å². The minimum Gasteiger partial charge on any atom is -0.493 e. The summed E-state index contributed by atoms with van der Waals surface area (Å²) in [7, 11) is 1.46. The van der Waals surface area contributed by atoms with Crippen molar-refractivity contribution in [2.75, 3.05) is 20.3 Å². The van der Waals surface area contributed by atoms with Crippen LogP contribution in [0.5, 0.6) is 11.5 Å². The van der Waals surface area contributed by atoms with E-state index < -0.39 is 37.3 Å². The van der Waals surface area contributed by atoms with E-state index in [2.05, 4.69) is 0 Å². The Morgan fingerprint density at radius 3 is 2.42 bits per heavy atom. The molecule has 0 radical (unpaired) electrons. The van der Waals surface area contributed by atoms with Crippen molar-refractivity contribution in [1.29, 1.82) is 0 Å². The topological polar surface area (TPSA) is 129 Å². The first-order valence-electron chi connectivity index (χ1n) is 7.76. The highest BCUT2D eigenvalue weighted by Crippen LogP contribution is 2.32. The van der Waals surface area contributed by atoms with Crippen LogP contribution >= 0.6 is 0 Å². The lowest BCUT2D eigenvalue weighted by atomic mass is 9.99. The fourth-order valence-electron chi connectivity index (χ4n) is 2.54. The minimum atomic E-state index is -1.50. The van der Waals surface area contributed by atoms with Gasteiger partial charge in [-0.05, 0) is 30.5 Å². The van der Waals surface area contributed by atoms with Crippen molar-refractivity contribution >= 4 is 0 Å². The molecule has 1 aliphatic rings. The summed E-state index contributed by atoms with van der Waals surface area (Å²) in [5.41, 5.74) is 0.946. The number of hydrogen-bond acceptors (Lipinski definition) is 8. The largest absolute Gasteiger partial charge is 0.493 e. The second-order valence-electron chi connectivity index (χ2n) is 5.63. The lowest BCUT2D eigenvalue weighted by Crippen LogP contribution is -2.60. The zero-order chi connectivity index (χ0) is 17.7. The number of aryl methyl sites for hydroxylation is 1. The third kappa shape index (κ3) is 4.15. The second-order valence-corrected chi connectivity index (χ2v) is 5.63. The molecule has 24 heavy (non-hydrogen) atoms. The molecule has 8 nitrogen and oxygen atoms in total. The Hall–Kier alpha value is -1.42. The van der Waals surface area contributed by atoms with Crippen LogP contribution in [0.3, 0.4) is 0 Å². The Morgan fingerprint density at radius 1 is 1.04 bits per heavy atom. The highest BCUT2D eigenvalue weighted by Gasteiger charge is 2.44. The van der Waals surface area contributed by atoms with Gasteiger partial charge in [-0.25, -0.2) is 0 Å². The van der Waals surface area contributed by atoms with Crippen molar-refractivity contribution < 1.29 is 39.7 Å². The van der Waals surface area contributed by atoms with Gasteiger partial charge in [0, 0.05) is 6.61 Å². The maximum atomic E-state index is 10.0. The number of ether oxygens (including phenoxy) is 3. The molecule has 0 aromatic heterocycles. The van der Waals surface area contributed by atoms with E-state index in [1.54, 1.807) is 18.2 Å². The first-order chi connectivity index (χ1) is 11.5. The summed E-state index contributed by atoms with van der Waals surface area (Å²) in [6, 6.07) is 5.17. The third-order valence-corrected chi connectivity index (χ3v) is 3.94. The van der Waals surface area contributed by atoms with E-state index in [1.807, 2.05) is 0 Å². The Bertz CT molecular complexity index is 521. The molecule has 1 aromatic rings. The molecule has 1 saturated heterocycles. The second kappa shape index (κ2) is 8.61. The SMILES string of the molecule is COc1cc(CCCO)ccc1O[C@@H]1O[C@H](CO)[C@@H](O)[C@H](O)[C@H]1O. The van der Waals surface area contributed by atoms with Crippen LogP contribution in [-0.2, 0) is 11.2 Å². The highest BCUT2D eigenvalue weighted by molar-refractivity contribution is 5.43. The molecule has 2 rings (SSSR count). The number of rotatable bonds is 7. The van der Waals surface area contributed by atoms with Crippen LogP contribution in [-0.4, -0.2) is 76.6 Å². The van der Waals surface area contributed by atoms with Crippen LogP contribution in [0.2, 0.25) is 0 Å². The van der Waals surface area contributed by atoms with E-state index in [-0.39, 0.29) is 12.4 Å². The van der Waals surface area contributed by atoms with E-state index in [0.717, 1.165) is 5.56 Å². The van der Waals surface area contributed by atoms with Gasteiger partial charge in [0.05, 0.1) is 13.7 Å². The molecule has 0 saturated carbocycles. The Labute approximate surface area is 139 Å². The lowest BCUT2D eigenvalue weighted by Gasteiger charge is -2.39. The quantitative estimate of drug-likeness (QED) is 0.417.